The molecule has 0 aliphatic heterocycles. The van der Waals surface area contributed by atoms with Crippen molar-refractivity contribution in [2.24, 2.45) is 0 Å². The summed E-state index contributed by atoms with van der Waals surface area (Å²) in [4.78, 5) is 12.1. The van der Waals surface area contributed by atoms with E-state index < -0.39 is 0 Å². The number of halogens is 2. The molecule has 3 aromatic rings. The average molecular weight is 518 g/mol. The van der Waals surface area contributed by atoms with Crippen LogP contribution in [-0.4, -0.2) is 12.6 Å². The van der Waals surface area contributed by atoms with Gasteiger partial charge in [-0.3, -0.25) is 0 Å². The van der Waals surface area contributed by atoms with E-state index in [1.165, 1.54) is 5.56 Å². The molecule has 0 spiro atoms. The van der Waals surface area contributed by atoms with Gasteiger partial charge in [-0.05, 0) is 30.2 Å². The van der Waals surface area contributed by atoms with Crippen molar-refractivity contribution in [2.45, 2.75) is 26.1 Å². The maximum absolute atomic E-state index is 12.1. The van der Waals surface area contributed by atoms with Crippen LogP contribution >= 0.6 is 31.9 Å². The van der Waals surface area contributed by atoms with Crippen molar-refractivity contribution in [3.8, 4) is 0 Å². The zero-order valence-electron chi connectivity index (χ0n) is 16.1. The highest BCUT2D eigenvalue weighted by molar-refractivity contribution is 9.11. The fourth-order valence-corrected chi connectivity index (χ4v) is 4.76. The summed E-state index contributed by atoms with van der Waals surface area (Å²) in [6, 6.07) is 23.9. The normalized spacial score (nSPS) is 11.8. The fourth-order valence-electron chi connectivity index (χ4n) is 3.07. The number of carbonyl (C=O) groups excluding carboxylic acids is 1. The third-order valence-electron chi connectivity index (χ3n) is 4.47. The largest absolute Gasteiger partial charge is 0.462 e. The summed E-state index contributed by atoms with van der Waals surface area (Å²) in [5.74, 6) is -0.342. The van der Waals surface area contributed by atoms with Crippen LogP contribution in [0, 0.1) is 0 Å². The molecule has 0 heterocycles. The molecule has 0 bridgehead atoms. The average Bonchev–Trinajstić information content (AvgIpc) is 2.73. The molecular weight excluding hydrogens is 496 g/mol. The fraction of sp³-hybridized carbons (Fsp3) is 0.208. The van der Waals surface area contributed by atoms with Crippen molar-refractivity contribution in [3.05, 3.63) is 104 Å². The predicted octanol–water partition coefficient (Wildman–Crippen LogP) is 6.89. The molecular formula is C24H22Br2O3. The van der Waals surface area contributed by atoms with E-state index in [1.54, 1.807) is 19.1 Å². The monoisotopic (exact) mass is 516 g/mol. The topological polar surface area (TPSA) is 35.5 Å². The highest BCUT2D eigenvalue weighted by Crippen LogP contribution is 2.37. The zero-order valence-corrected chi connectivity index (χ0v) is 19.3. The summed E-state index contributed by atoms with van der Waals surface area (Å²) in [5, 5.41) is 0. The van der Waals surface area contributed by atoms with Gasteiger partial charge in [-0.1, -0.05) is 92.5 Å². The first-order valence-corrected chi connectivity index (χ1v) is 11.0. The van der Waals surface area contributed by atoms with Crippen molar-refractivity contribution in [1.29, 1.82) is 0 Å². The molecule has 0 aliphatic carbocycles. The highest BCUT2D eigenvalue weighted by Gasteiger charge is 2.22. The van der Waals surface area contributed by atoms with Gasteiger partial charge in [0.1, 0.15) is 0 Å². The first-order valence-electron chi connectivity index (χ1n) is 9.44. The van der Waals surface area contributed by atoms with Crippen LogP contribution in [0.15, 0.2) is 81.7 Å². The standard InChI is InChI=1S/C24H22Br2O3/c1-2-28-24(27)19-14-20(25)23(21(26)15-19)22(13-17-9-5-3-6-10-17)29-16-18-11-7-4-8-12-18/h3-12,14-15,22H,2,13,16H2,1H3. The molecule has 0 N–H and O–H groups in total. The lowest BCUT2D eigenvalue weighted by Gasteiger charge is -2.22. The van der Waals surface area contributed by atoms with Crippen molar-refractivity contribution in [1.82, 2.24) is 0 Å². The van der Waals surface area contributed by atoms with E-state index >= 15 is 0 Å². The summed E-state index contributed by atoms with van der Waals surface area (Å²) >= 11 is 7.28. The molecule has 0 saturated heterocycles. The quantitative estimate of drug-likeness (QED) is 0.305. The molecule has 0 radical (unpaired) electrons. The number of hydrogen-bond acceptors (Lipinski definition) is 3. The van der Waals surface area contributed by atoms with Crippen molar-refractivity contribution in [3.63, 3.8) is 0 Å². The Labute approximate surface area is 188 Å². The van der Waals surface area contributed by atoms with Gasteiger partial charge in [0.15, 0.2) is 0 Å². The first kappa shape index (κ1) is 21.8. The molecule has 1 unspecified atom stereocenters. The number of hydrogen-bond donors (Lipinski definition) is 0. The van der Waals surface area contributed by atoms with Gasteiger partial charge in [-0.15, -0.1) is 0 Å². The van der Waals surface area contributed by atoms with E-state index in [4.69, 9.17) is 9.47 Å². The van der Waals surface area contributed by atoms with Gasteiger partial charge in [0.2, 0.25) is 0 Å². The lowest BCUT2D eigenvalue weighted by Crippen LogP contribution is -2.12. The summed E-state index contributed by atoms with van der Waals surface area (Å²) in [5.41, 5.74) is 3.76. The molecule has 0 saturated carbocycles. The minimum atomic E-state index is -0.342. The van der Waals surface area contributed by atoms with E-state index in [-0.39, 0.29) is 12.1 Å². The second-order valence-electron chi connectivity index (χ2n) is 6.55. The van der Waals surface area contributed by atoms with E-state index in [9.17, 15) is 4.79 Å². The molecule has 3 rings (SSSR count). The Hall–Kier alpha value is -1.95. The molecule has 0 fully saturated rings. The van der Waals surface area contributed by atoms with Gasteiger partial charge < -0.3 is 9.47 Å². The Kier molecular flexibility index (Phi) is 8.04. The SMILES string of the molecule is CCOC(=O)c1cc(Br)c(C(Cc2ccccc2)OCc2ccccc2)c(Br)c1. The van der Waals surface area contributed by atoms with Crippen LogP contribution in [0.4, 0.5) is 0 Å². The molecule has 0 aromatic heterocycles. The van der Waals surface area contributed by atoms with Crippen molar-refractivity contribution >= 4 is 37.8 Å². The molecule has 150 valence electrons. The van der Waals surface area contributed by atoms with E-state index in [2.05, 4.69) is 44.0 Å². The number of ether oxygens (including phenoxy) is 2. The number of esters is 1. The van der Waals surface area contributed by atoms with Crippen LogP contribution < -0.4 is 0 Å². The molecule has 5 heteroatoms. The van der Waals surface area contributed by atoms with Gasteiger partial charge in [0.05, 0.1) is 24.9 Å². The Morgan fingerprint density at radius 1 is 0.897 bits per heavy atom. The molecule has 3 nitrogen and oxygen atoms in total. The van der Waals surface area contributed by atoms with Crippen molar-refractivity contribution in [2.75, 3.05) is 6.61 Å². The first-order chi connectivity index (χ1) is 14.1. The number of rotatable bonds is 8. The number of benzene rings is 3. The van der Waals surface area contributed by atoms with Crippen LogP contribution in [0.1, 0.15) is 40.1 Å². The third kappa shape index (κ3) is 6.01. The lowest BCUT2D eigenvalue weighted by molar-refractivity contribution is 0.0388. The van der Waals surface area contributed by atoms with Gasteiger partial charge >= 0.3 is 5.97 Å². The maximum Gasteiger partial charge on any atom is 0.338 e. The molecule has 0 amide bonds. The van der Waals surface area contributed by atoms with Gasteiger partial charge in [0, 0.05) is 20.9 Å². The smallest absolute Gasteiger partial charge is 0.338 e. The van der Waals surface area contributed by atoms with Gasteiger partial charge in [-0.25, -0.2) is 4.79 Å². The Morgan fingerprint density at radius 3 is 2.00 bits per heavy atom. The van der Waals surface area contributed by atoms with Crippen LogP contribution in [-0.2, 0) is 22.5 Å². The molecule has 1 atom stereocenters. The van der Waals surface area contributed by atoms with Gasteiger partial charge in [-0.2, -0.15) is 0 Å². The summed E-state index contributed by atoms with van der Waals surface area (Å²) in [7, 11) is 0. The zero-order chi connectivity index (χ0) is 20.6. The highest BCUT2D eigenvalue weighted by atomic mass is 79.9. The Morgan fingerprint density at radius 2 is 1.45 bits per heavy atom. The van der Waals surface area contributed by atoms with Crippen LogP contribution in [0.3, 0.4) is 0 Å². The molecule has 29 heavy (non-hydrogen) atoms. The predicted molar refractivity (Wildman–Crippen MR) is 122 cm³/mol. The Bertz CT molecular complexity index is 920. The maximum atomic E-state index is 12.1. The van der Waals surface area contributed by atoms with Crippen LogP contribution in [0.25, 0.3) is 0 Å². The molecule has 3 aromatic carbocycles. The summed E-state index contributed by atoms with van der Waals surface area (Å²) < 4.78 is 13.1. The van der Waals surface area contributed by atoms with Crippen LogP contribution in [0.5, 0.6) is 0 Å². The molecule has 0 aliphatic rings. The van der Waals surface area contributed by atoms with Crippen molar-refractivity contribution < 1.29 is 14.3 Å². The van der Waals surface area contributed by atoms with E-state index in [0.717, 1.165) is 20.1 Å². The lowest BCUT2D eigenvalue weighted by atomic mass is 10.00. The summed E-state index contributed by atoms with van der Waals surface area (Å²) in [6.07, 6.45) is 0.515. The number of carbonyl (C=O) groups is 1. The third-order valence-corrected chi connectivity index (χ3v) is 5.78. The van der Waals surface area contributed by atoms with Gasteiger partial charge in [0.25, 0.3) is 0 Å². The van der Waals surface area contributed by atoms with E-state index in [1.807, 2.05) is 48.5 Å². The second-order valence-corrected chi connectivity index (χ2v) is 8.26. The minimum absolute atomic E-state index is 0.197. The second kappa shape index (κ2) is 10.7. The van der Waals surface area contributed by atoms with Crippen LogP contribution in [0.2, 0.25) is 0 Å². The Balaban J connectivity index is 1.91. The van der Waals surface area contributed by atoms with E-state index in [0.29, 0.717) is 25.2 Å². The summed E-state index contributed by atoms with van der Waals surface area (Å²) in [6.45, 7) is 2.63. The minimum Gasteiger partial charge on any atom is -0.462 e.